The van der Waals surface area contributed by atoms with Crippen LogP contribution in [-0.2, 0) is 11.2 Å². The number of rotatable bonds is 6. The molecule has 1 atom stereocenters. The summed E-state index contributed by atoms with van der Waals surface area (Å²) in [4.78, 5) is 14.8. The summed E-state index contributed by atoms with van der Waals surface area (Å²) in [6, 6.07) is 12.4. The number of benzene rings is 2. The maximum absolute atomic E-state index is 12.3. The van der Waals surface area contributed by atoms with Crippen molar-refractivity contribution in [2.45, 2.75) is 71.9 Å². The van der Waals surface area contributed by atoms with Crippen LogP contribution in [0.2, 0.25) is 0 Å². The summed E-state index contributed by atoms with van der Waals surface area (Å²) in [5, 5.41) is 4.23. The first-order valence-electron chi connectivity index (χ1n) is 11.0. The van der Waals surface area contributed by atoms with Crippen LogP contribution in [0.4, 0.5) is 5.69 Å². The summed E-state index contributed by atoms with van der Waals surface area (Å²) in [5.41, 5.74) is 8.56. The highest BCUT2D eigenvalue weighted by atomic mass is 16.5. The molecule has 0 saturated heterocycles. The van der Waals surface area contributed by atoms with E-state index in [9.17, 15) is 4.79 Å². The average molecular weight is 422 g/mol. The molecule has 0 bridgehead atoms. The molecule has 1 heterocycles. The maximum Gasteiger partial charge on any atom is 0.244 e. The summed E-state index contributed by atoms with van der Waals surface area (Å²) < 4.78 is 5.15. The standard InChI is InChI=1S/C26H35N3O2/c1-17(2)29-24-12-18(3)21(14-23(24)19(4)15-26(29,5)6)16-27-28-25(30)13-20-8-10-22(31-7)11-9-20/h8-12,14,16-17,19H,13,15H2,1-7H3,(H,28,30)/b27-16+/t19-/m1/s1. The van der Waals surface area contributed by atoms with Crippen molar-refractivity contribution in [1.82, 2.24) is 5.43 Å². The number of amides is 1. The van der Waals surface area contributed by atoms with Crippen LogP contribution in [0.25, 0.3) is 0 Å². The largest absolute Gasteiger partial charge is 0.497 e. The van der Waals surface area contributed by atoms with Crippen LogP contribution >= 0.6 is 0 Å². The number of nitrogens with zero attached hydrogens (tertiary/aromatic N) is 2. The molecule has 0 spiro atoms. The van der Waals surface area contributed by atoms with Crippen molar-refractivity contribution in [3.8, 4) is 5.75 Å². The lowest BCUT2D eigenvalue weighted by molar-refractivity contribution is -0.120. The molecule has 2 aromatic rings. The Morgan fingerprint density at radius 1 is 1.29 bits per heavy atom. The van der Waals surface area contributed by atoms with E-state index in [-0.39, 0.29) is 17.9 Å². The third-order valence-electron chi connectivity index (χ3n) is 6.10. The Morgan fingerprint density at radius 3 is 2.58 bits per heavy atom. The van der Waals surface area contributed by atoms with Crippen LogP contribution in [0.15, 0.2) is 41.5 Å². The van der Waals surface area contributed by atoms with Crippen molar-refractivity contribution >= 4 is 17.8 Å². The van der Waals surface area contributed by atoms with E-state index in [1.54, 1.807) is 13.3 Å². The van der Waals surface area contributed by atoms with Crippen molar-refractivity contribution < 1.29 is 9.53 Å². The minimum absolute atomic E-state index is 0.123. The highest BCUT2D eigenvalue weighted by molar-refractivity contribution is 5.86. The van der Waals surface area contributed by atoms with E-state index in [1.165, 1.54) is 11.3 Å². The third-order valence-corrected chi connectivity index (χ3v) is 6.10. The molecular weight excluding hydrogens is 386 g/mol. The molecule has 3 rings (SSSR count). The topological polar surface area (TPSA) is 53.9 Å². The van der Waals surface area contributed by atoms with E-state index in [0.717, 1.165) is 28.9 Å². The lowest BCUT2D eigenvalue weighted by atomic mass is 9.78. The van der Waals surface area contributed by atoms with Gasteiger partial charge in [0.1, 0.15) is 5.75 Å². The summed E-state index contributed by atoms with van der Waals surface area (Å²) in [6.45, 7) is 13.6. The Morgan fingerprint density at radius 2 is 1.97 bits per heavy atom. The van der Waals surface area contributed by atoms with Gasteiger partial charge < -0.3 is 9.64 Å². The van der Waals surface area contributed by atoms with E-state index in [4.69, 9.17) is 4.74 Å². The van der Waals surface area contributed by atoms with Gasteiger partial charge in [-0.25, -0.2) is 5.43 Å². The molecule has 5 nitrogen and oxygen atoms in total. The van der Waals surface area contributed by atoms with Gasteiger partial charge in [0, 0.05) is 17.3 Å². The Bertz CT molecular complexity index is 961. The zero-order chi connectivity index (χ0) is 22.8. The molecule has 1 amide bonds. The number of carbonyl (C=O) groups excluding carboxylic acids is 1. The van der Waals surface area contributed by atoms with Gasteiger partial charge in [0.25, 0.3) is 0 Å². The van der Waals surface area contributed by atoms with Crippen molar-refractivity contribution in [2.24, 2.45) is 5.10 Å². The van der Waals surface area contributed by atoms with Gasteiger partial charge in [0.15, 0.2) is 0 Å². The number of anilines is 1. The number of hydrogen-bond donors (Lipinski definition) is 1. The number of nitrogens with one attached hydrogen (secondary N) is 1. The van der Waals surface area contributed by atoms with Gasteiger partial charge in [-0.1, -0.05) is 19.1 Å². The number of aryl methyl sites for hydroxylation is 1. The number of ether oxygens (including phenoxy) is 1. The minimum atomic E-state index is -0.141. The van der Waals surface area contributed by atoms with Gasteiger partial charge in [-0.2, -0.15) is 5.10 Å². The van der Waals surface area contributed by atoms with Gasteiger partial charge >= 0.3 is 0 Å². The molecule has 5 heteroatoms. The number of fused-ring (bicyclic) bond motifs is 1. The van der Waals surface area contributed by atoms with Crippen molar-refractivity contribution in [2.75, 3.05) is 12.0 Å². The molecular formula is C26H35N3O2. The quantitative estimate of drug-likeness (QED) is 0.515. The van der Waals surface area contributed by atoms with Gasteiger partial charge in [0.2, 0.25) is 5.91 Å². The summed E-state index contributed by atoms with van der Waals surface area (Å²) in [7, 11) is 1.63. The van der Waals surface area contributed by atoms with Crippen molar-refractivity contribution in [1.29, 1.82) is 0 Å². The summed E-state index contributed by atoms with van der Waals surface area (Å²) >= 11 is 0. The lowest BCUT2D eigenvalue weighted by Crippen LogP contribution is -2.51. The first kappa shape index (κ1) is 22.9. The van der Waals surface area contributed by atoms with Crippen LogP contribution < -0.4 is 15.1 Å². The molecule has 0 aliphatic carbocycles. The fourth-order valence-electron chi connectivity index (χ4n) is 4.87. The number of carbonyl (C=O) groups is 1. The van der Waals surface area contributed by atoms with E-state index >= 15 is 0 Å². The molecule has 0 aromatic heterocycles. The zero-order valence-corrected chi connectivity index (χ0v) is 19.8. The van der Waals surface area contributed by atoms with Crippen LogP contribution in [0.1, 0.15) is 69.2 Å². The summed E-state index contributed by atoms with van der Waals surface area (Å²) in [5.74, 6) is 1.11. The normalized spacial score (nSPS) is 17.7. The fourth-order valence-corrected chi connectivity index (χ4v) is 4.87. The molecule has 1 N–H and O–H groups in total. The molecule has 0 fully saturated rings. The predicted molar refractivity (Wildman–Crippen MR) is 128 cm³/mol. The number of methoxy groups -OCH3 is 1. The lowest BCUT2D eigenvalue weighted by Gasteiger charge is -2.50. The monoisotopic (exact) mass is 421 g/mol. The van der Waals surface area contributed by atoms with Gasteiger partial charge in [-0.3, -0.25) is 4.79 Å². The van der Waals surface area contributed by atoms with Crippen LogP contribution in [0.5, 0.6) is 5.75 Å². The first-order valence-corrected chi connectivity index (χ1v) is 11.0. The van der Waals surface area contributed by atoms with Crippen LogP contribution in [0, 0.1) is 6.92 Å². The SMILES string of the molecule is COc1ccc(CC(=O)N/N=C/c2cc3c(cc2C)N(C(C)C)C(C)(C)C[C@H]3C)cc1. The van der Waals surface area contributed by atoms with Gasteiger partial charge in [-0.05, 0) is 93.5 Å². The molecule has 166 valence electrons. The first-order chi connectivity index (χ1) is 14.6. The fraction of sp³-hybridized carbons (Fsp3) is 0.462. The molecule has 1 aliphatic rings. The molecule has 1 aliphatic heterocycles. The van der Waals surface area contributed by atoms with Crippen molar-refractivity contribution in [3.63, 3.8) is 0 Å². The Labute approximate surface area is 186 Å². The van der Waals surface area contributed by atoms with E-state index in [1.807, 2.05) is 24.3 Å². The highest BCUT2D eigenvalue weighted by Gasteiger charge is 2.37. The van der Waals surface area contributed by atoms with Crippen LogP contribution in [0.3, 0.4) is 0 Å². The van der Waals surface area contributed by atoms with Gasteiger partial charge in [-0.15, -0.1) is 0 Å². The average Bonchev–Trinajstić information content (AvgIpc) is 2.68. The second-order valence-electron chi connectivity index (χ2n) is 9.47. The van der Waals surface area contributed by atoms with Crippen LogP contribution in [-0.4, -0.2) is 30.8 Å². The molecule has 0 saturated carbocycles. The highest BCUT2D eigenvalue weighted by Crippen LogP contribution is 2.45. The van der Waals surface area contributed by atoms with E-state index in [0.29, 0.717) is 12.0 Å². The van der Waals surface area contributed by atoms with Gasteiger partial charge in [0.05, 0.1) is 19.7 Å². The third kappa shape index (κ3) is 5.09. The van der Waals surface area contributed by atoms with E-state index < -0.39 is 0 Å². The van der Waals surface area contributed by atoms with E-state index in [2.05, 4.69) is 69.1 Å². The Hall–Kier alpha value is -2.82. The molecule has 31 heavy (non-hydrogen) atoms. The Balaban J connectivity index is 1.74. The van der Waals surface area contributed by atoms with Crippen molar-refractivity contribution in [3.05, 3.63) is 58.7 Å². The second-order valence-corrected chi connectivity index (χ2v) is 9.47. The maximum atomic E-state index is 12.3. The Kier molecular flexibility index (Phi) is 6.73. The number of hydrazone groups is 1. The minimum Gasteiger partial charge on any atom is -0.497 e. The number of hydrogen-bond acceptors (Lipinski definition) is 4. The second kappa shape index (κ2) is 9.13. The molecule has 2 aromatic carbocycles. The molecule has 0 radical (unpaired) electrons. The molecule has 0 unspecified atom stereocenters. The zero-order valence-electron chi connectivity index (χ0n) is 19.8. The summed E-state index contributed by atoms with van der Waals surface area (Å²) in [6.07, 6.45) is 3.14. The predicted octanol–water partition coefficient (Wildman–Crippen LogP) is 5.20. The smallest absolute Gasteiger partial charge is 0.244 e.